The molecule has 0 bridgehead atoms. The number of halogens is 2. The highest BCUT2D eigenvalue weighted by Gasteiger charge is 2.18. The lowest BCUT2D eigenvalue weighted by atomic mass is 9.95. The summed E-state index contributed by atoms with van der Waals surface area (Å²) in [5, 5.41) is 3.55. The second kappa shape index (κ2) is 9.70. The molecule has 4 heteroatoms. The van der Waals surface area contributed by atoms with Crippen LogP contribution in [-0.4, -0.2) is 5.78 Å². The SMILES string of the molecule is CC(C)c1ccc(C(CC(=O)c2ccc(Br)cc2)Nc2ccc(I)cc2)cc1. The molecular weight excluding hydrogens is 525 g/mol. The molecule has 0 aromatic heterocycles. The molecule has 1 N–H and O–H groups in total. The largest absolute Gasteiger partial charge is 0.378 e. The van der Waals surface area contributed by atoms with E-state index in [-0.39, 0.29) is 11.8 Å². The maximum atomic E-state index is 12.9. The first-order valence-corrected chi connectivity index (χ1v) is 11.2. The maximum Gasteiger partial charge on any atom is 0.165 e. The van der Waals surface area contributed by atoms with Crippen molar-refractivity contribution in [3.05, 3.63) is 97.5 Å². The Balaban J connectivity index is 1.85. The Morgan fingerprint density at radius 3 is 2.04 bits per heavy atom. The normalized spacial score (nSPS) is 12.0. The molecule has 0 amide bonds. The Hall–Kier alpha value is -1.66. The summed E-state index contributed by atoms with van der Waals surface area (Å²) in [4.78, 5) is 12.9. The molecule has 144 valence electrons. The average molecular weight is 548 g/mol. The van der Waals surface area contributed by atoms with Gasteiger partial charge in [0.2, 0.25) is 0 Å². The van der Waals surface area contributed by atoms with Gasteiger partial charge in [0.1, 0.15) is 0 Å². The minimum atomic E-state index is -0.0857. The summed E-state index contributed by atoms with van der Waals surface area (Å²) < 4.78 is 2.16. The van der Waals surface area contributed by atoms with E-state index in [1.54, 1.807) is 0 Å². The van der Waals surface area contributed by atoms with Crippen molar-refractivity contribution in [3.63, 3.8) is 0 Å². The third kappa shape index (κ3) is 5.67. The van der Waals surface area contributed by atoms with Gasteiger partial charge in [-0.25, -0.2) is 0 Å². The minimum absolute atomic E-state index is 0.0857. The zero-order chi connectivity index (χ0) is 20.1. The highest BCUT2D eigenvalue weighted by atomic mass is 127. The highest BCUT2D eigenvalue weighted by molar-refractivity contribution is 14.1. The molecule has 3 aromatic rings. The van der Waals surface area contributed by atoms with Crippen LogP contribution in [0, 0.1) is 3.57 Å². The van der Waals surface area contributed by atoms with Crippen LogP contribution in [0.15, 0.2) is 77.3 Å². The molecule has 2 nitrogen and oxygen atoms in total. The number of benzene rings is 3. The molecule has 28 heavy (non-hydrogen) atoms. The van der Waals surface area contributed by atoms with Crippen LogP contribution in [0.25, 0.3) is 0 Å². The van der Waals surface area contributed by atoms with Gasteiger partial charge in [-0.1, -0.05) is 66.2 Å². The minimum Gasteiger partial charge on any atom is -0.378 e. The van der Waals surface area contributed by atoms with Crippen molar-refractivity contribution in [2.45, 2.75) is 32.2 Å². The zero-order valence-corrected chi connectivity index (χ0v) is 19.7. The lowest BCUT2D eigenvalue weighted by Gasteiger charge is -2.21. The fourth-order valence-corrected chi connectivity index (χ4v) is 3.68. The lowest BCUT2D eigenvalue weighted by Crippen LogP contribution is -2.16. The van der Waals surface area contributed by atoms with Gasteiger partial charge in [-0.05, 0) is 76.0 Å². The monoisotopic (exact) mass is 547 g/mol. The van der Waals surface area contributed by atoms with Gasteiger partial charge in [0.15, 0.2) is 5.78 Å². The molecule has 1 unspecified atom stereocenters. The molecule has 0 radical (unpaired) electrons. The summed E-state index contributed by atoms with van der Waals surface area (Å²) in [6, 6.07) is 24.3. The summed E-state index contributed by atoms with van der Waals surface area (Å²) in [5.74, 6) is 0.615. The van der Waals surface area contributed by atoms with Gasteiger partial charge < -0.3 is 5.32 Å². The molecule has 0 saturated heterocycles. The van der Waals surface area contributed by atoms with Gasteiger partial charge in [-0.3, -0.25) is 4.79 Å². The van der Waals surface area contributed by atoms with E-state index < -0.39 is 0 Å². The Labute approximate surface area is 189 Å². The van der Waals surface area contributed by atoms with E-state index in [4.69, 9.17) is 0 Å². The third-order valence-corrected chi connectivity index (χ3v) is 5.99. The van der Waals surface area contributed by atoms with Crippen LogP contribution in [0.2, 0.25) is 0 Å². The second-order valence-corrected chi connectivity index (χ2v) is 9.32. The van der Waals surface area contributed by atoms with Crippen molar-refractivity contribution in [2.24, 2.45) is 0 Å². The molecular formula is C24H23BrINO. The summed E-state index contributed by atoms with van der Waals surface area (Å²) in [7, 11) is 0. The van der Waals surface area contributed by atoms with Crippen LogP contribution in [-0.2, 0) is 0 Å². The van der Waals surface area contributed by atoms with E-state index in [0.29, 0.717) is 12.3 Å². The molecule has 0 aliphatic rings. The number of Topliss-reactive ketones (excluding diaryl/α,β-unsaturated/α-hetero) is 1. The van der Waals surface area contributed by atoms with E-state index in [1.165, 1.54) is 9.13 Å². The molecule has 0 aliphatic heterocycles. The van der Waals surface area contributed by atoms with Gasteiger partial charge in [0.05, 0.1) is 6.04 Å². The standard InChI is InChI=1S/C24H23BrINO/c1-16(2)17-3-5-18(6-4-17)23(27-22-13-11-21(26)12-14-22)15-24(28)19-7-9-20(25)10-8-19/h3-14,16,23,27H,15H2,1-2H3. The first-order chi connectivity index (χ1) is 13.4. The third-order valence-electron chi connectivity index (χ3n) is 4.75. The molecule has 0 heterocycles. The van der Waals surface area contributed by atoms with Crippen LogP contribution < -0.4 is 5.32 Å². The van der Waals surface area contributed by atoms with Gasteiger partial charge in [0.25, 0.3) is 0 Å². The molecule has 0 spiro atoms. The molecule has 0 aliphatic carbocycles. The highest BCUT2D eigenvalue weighted by Crippen LogP contribution is 2.27. The van der Waals surface area contributed by atoms with Crippen molar-refractivity contribution < 1.29 is 4.79 Å². The topological polar surface area (TPSA) is 29.1 Å². The van der Waals surface area contributed by atoms with Gasteiger partial charge in [0, 0.05) is 25.7 Å². The van der Waals surface area contributed by atoms with Crippen molar-refractivity contribution in [1.82, 2.24) is 0 Å². The number of hydrogen-bond donors (Lipinski definition) is 1. The Kier molecular flexibility index (Phi) is 7.30. The first-order valence-electron chi connectivity index (χ1n) is 9.33. The molecule has 0 saturated carbocycles. The fourth-order valence-electron chi connectivity index (χ4n) is 3.05. The summed E-state index contributed by atoms with van der Waals surface area (Å²) >= 11 is 5.72. The number of rotatable bonds is 7. The number of hydrogen-bond acceptors (Lipinski definition) is 2. The van der Waals surface area contributed by atoms with Crippen LogP contribution in [0.4, 0.5) is 5.69 Å². The number of carbonyl (C=O) groups excluding carboxylic acids is 1. The van der Waals surface area contributed by atoms with Crippen LogP contribution in [0.3, 0.4) is 0 Å². The van der Waals surface area contributed by atoms with E-state index in [9.17, 15) is 4.79 Å². The van der Waals surface area contributed by atoms with E-state index in [1.807, 2.05) is 24.3 Å². The summed E-state index contributed by atoms with van der Waals surface area (Å²) in [6.45, 7) is 4.38. The van der Waals surface area contributed by atoms with Crippen LogP contribution in [0.5, 0.6) is 0 Å². The molecule has 1 atom stereocenters. The van der Waals surface area contributed by atoms with E-state index >= 15 is 0 Å². The van der Waals surface area contributed by atoms with Crippen LogP contribution in [0.1, 0.15) is 53.7 Å². The smallest absolute Gasteiger partial charge is 0.165 e. The molecule has 3 aromatic carbocycles. The second-order valence-electron chi connectivity index (χ2n) is 7.16. The maximum absolute atomic E-state index is 12.9. The predicted octanol–water partition coefficient (Wildman–Crippen LogP) is 7.60. The van der Waals surface area contributed by atoms with Crippen molar-refractivity contribution in [1.29, 1.82) is 0 Å². The van der Waals surface area contributed by atoms with Crippen molar-refractivity contribution in [2.75, 3.05) is 5.32 Å². The predicted molar refractivity (Wildman–Crippen MR) is 129 cm³/mol. The van der Waals surface area contributed by atoms with E-state index in [2.05, 4.69) is 106 Å². The fraction of sp³-hybridized carbons (Fsp3) is 0.208. The zero-order valence-electron chi connectivity index (χ0n) is 16.0. The lowest BCUT2D eigenvalue weighted by molar-refractivity contribution is 0.0976. The quantitative estimate of drug-likeness (QED) is 0.244. The van der Waals surface area contributed by atoms with Crippen LogP contribution >= 0.6 is 38.5 Å². The molecule has 3 rings (SSSR count). The number of carbonyl (C=O) groups is 1. The summed E-state index contributed by atoms with van der Waals surface area (Å²) in [6.07, 6.45) is 0.397. The number of ketones is 1. The molecule has 0 fully saturated rings. The van der Waals surface area contributed by atoms with Gasteiger partial charge >= 0.3 is 0 Å². The van der Waals surface area contributed by atoms with Crippen molar-refractivity contribution in [3.8, 4) is 0 Å². The van der Waals surface area contributed by atoms with E-state index in [0.717, 1.165) is 21.3 Å². The Morgan fingerprint density at radius 1 is 0.893 bits per heavy atom. The van der Waals surface area contributed by atoms with Gasteiger partial charge in [-0.15, -0.1) is 0 Å². The van der Waals surface area contributed by atoms with Gasteiger partial charge in [-0.2, -0.15) is 0 Å². The Morgan fingerprint density at radius 2 is 1.46 bits per heavy atom. The first kappa shape index (κ1) is 21.1. The average Bonchev–Trinajstić information content (AvgIpc) is 2.69. The van der Waals surface area contributed by atoms with Crippen molar-refractivity contribution >= 4 is 50.0 Å². The number of nitrogens with one attached hydrogen (secondary N) is 1. The Bertz CT molecular complexity index is 918. The summed E-state index contributed by atoms with van der Waals surface area (Å²) in [5.41, 5.74) is 4.17. The number of anilines is 1.